The normalized spacial score (nSPS) is 14.0. The maximum Gasteiger partial charge on any atom is 0.278 e. The van der Waals surface area contributed by atoms with Gasteiger partial charge in [0.15, 0.2) is 6.04 Å². The van der Waals surface area contributed by atoms with E-state index < -0.39 is 0 Å². The molecule has 0 aliphatic rings. The van der Waals surface area contributed by atoms with Crippen molar-refractivity contribution in [3.05, 3.63) is 29.8 Å². The summed E-state index contributed by atoms with van der Waals surface area (Å²) in [4.78, 5) is 14.2. The summed E-state index contributed by atoms with van der Waals surface area (Å²) in [5.74, 6) is 0.121. The van der Waals surface area contributed by atoms with Crippen LogP contribution in [0.2, 0.25) is 0 Å². The van der Waals surface area contributed by atoms with Crippen molar-refractivity contribution >= 4 is 17.7 Å². The lowest BCUT2D eigenvalue weighted by molar-refractivity contribution is -0.908. The first kappa shape index (κ1) is 15.1. The van der Waals surface area contributed by atoms with Crippen LogP contribution in [0, 0.1) is 0 Å². The third kappa shape index (κ3) is 4.35. The van der Waals surface area contributed by atoms with Gasteiger partial charge in [0, 0.05) is 17.0 Å². The molecule has 1 rings (SSSR count). The van der Waals surface area contributed by atoms with Crippen LogP contribution in [0.1, 0.15) is 19.4 Å². The van der Waals surface area contributed by atoms with E-state index in [4.69, 9.17) is 0 Å². The molecule has 0 aliphatic carbocycles. The lowest BCUT2D eigenvalue weighted by atomic mass is 10.2. The molecule has 100 valence electrons. The van der Waals surface area contributed by atoms with Gasteiger partial charge in [0.1, 0.15) is 6.54 Å². The molecule has 1 aromatic rings. The Kier molecular flexibility index (Phi) is 6.22. The summed E-state index contributed by atoms with van der Waals surface area (Å²) in [5, 5.41) is 2.87. The number of amides is 1. The minimum atomic E-state index is -0.0230. The summed E-state index contributed by atoms with van der Waals surface area (Å²) in [6.45, 7) is 5.48. The molecule has 1 amide bonds. The van der Waals surface area contributed by atoms with Crippen molar-refractivity contribution in [2.24, 2.45) is 0 Å². The number of hydrogen-bond acceptors (Lipinski definition) is 2. The summed E-state index contributed by atoms with van der Waals surface area (Å²) in [6.07, 6.45) is 2.07. The predicted octanol–water partition coefficient (Wildman–Crippen LogP) is 0.948. The second kappa shape index (κ2) is 7.44. The Morgan fingerprint density at radius 1 is 1.39 bits per heavy atom. The first-order valence-electron chi connectivity index (χ1n) is 6.31. The Hall–Kier alpha value is -1.00. The maximum atomic E-state index is 11.7. The molecule has 18 heavy (non-hydrogen) atoms. The average Bonchev–Trinajstić information content (AvgIpc) is 2.39. The topological polar surface area (TPSA) is 33.5 Å². The fourth-order valence-corrected chi connectivity index (χ4v) is 2.18. The van der Waals surface area contributed by atoms with Crippen LogP contribution < -0.4 is 10.2 Å². The van der Waals surface area contributed by atoms with Crippen LogP contribution >= 0.6 is 11.8 Å². The van der Waals surface area contributed by atoms with Gasteiger partial charge >= 0.3 is 0 Å². The van der Waals surface area contributed by atoms with Gasteiger partial charge in [0.05, 0.1) is 7.05 Å². The highest BCUT2D eigenvalue weighted by Crippen LogP contribution is 2.14. The summed E-state index contributed by atoms with van der Waals surface area (Å²) >= 11 is 1.74. The molecule has 1 aromatic carbocycles. The van der Waals surface area contributed by atoms with Gasteiger partial charge in [-0.05, 0) is 32.2 Å². The first-order chi connectivity index (χ1) is 8.58. The fraction of sp³-hybridized carbons (Fsp3) is 0.500. The third-order valence-corrected chi connectivity index (χ3v) is 3.87. The van der Waals surface area contributed by atoms with Crippen molar-refractivity contribution in [2.45, 2.75) is 31.3 Å². The van der Waals surface area contributed by atoms with Crippen molar-refractivity contribution < 1.29 is 9.69 Å². The molecule has 0 fully saturated rings. The molecule has 0 radical (unpaired) electrons. The minimum absolute atomic E-state index is 0.0230. The summed E-state index contributed by atoms with van der Waals surface area (Å²) in [6, 6.07) is 8.51. The third-order valence-electron chi connectivity index (χ3n) is 3.13. The number of benzene rings is 1. The van der Waals surface area contributed by atoms with Gasteiger partial charge in [-0.25, -0.2) is 0 Å². The van der Waals surface area contributed by atoms with Crippen molar-refractivity contribution in [1.29, 1.82) is 0 Å². The standard InChI is InChI=1S/C14H22N2OS/c1-5-15-14(17)11(2)16(3)10-12-6-8-13(18-4)9-7-12/h6-9,11H,5,10H2,1-4H3,(H,15,17)/p+1/t11-/m1/s1. The first-order valence-corrected chi connectivity index (χ1v) is 7.54. The average molecular weight is 267 g/mol. The van der Waals surface area contributed by atoms with Crippen LogP contribution in [-0.2, 0) is 11.3 Å². The summed E-state index contributed by atoms with van der Waals surface area (Å²) in [5.41, 5.74) is 1.27. The van der Waals surface area contributed by atoms with Crippen molar-refractivity contribution in [3.8, 4) is 0 Å². The van der Waals surface area contributed by atoms with E-state index in [1.54, 1.807) is 11.8 Å². The van der Waals surface area contributed by atoms with E-state index in [9.17, 15) is 4.79 Å². The molecule has 0 heterocycles. The number of carbonyl (C=O) groups is 1. The van der Waals surface area contributed by atoms with E-state index in [-0.39, 0.29) is 11.9 Å². The Morgan fingerprint density at radius 2 is 2.00 bits per heavy atom. The van der Waals surface area contributed by atoms with Crippen LogP contribution in [0.15, 0.2) is 29.2 Å². The zero-order valence-corrected chi connectivity index (χ0v) is 12.4. The van der Waals surface area contributed by atoms with E-state index in [2.05, 4.69) is 42.9 Å². The maximum absolute atomic E-state index is 11.7. The number of likely N-dealkylation sites (N-methyl/N-ethyl adjacent to an activating group) is 2. The smallest absolute Gasteiger partial charge is 0.278 e. The van der Waals surface area contributed by atoms with Crippen molar-refractivity contribution in [1.82, 2.24) is 5.32 Å². The van der Waals surface area contributed by atoms with Gasteiger partial charge in [-0.1, -0.05) is 12.1 Å². The highest BCUT2D eigenvalue weighted by molar-refractivity contribution is 7.98. The quantitative estimate of drug-likeness (QED) is 0.752. The number of carbonyl (C=O) groups excluding carboxylic acids is 1. The molecule has 0 aliphatic heterocycles. The van der Waals surface area contributed by atoms with Crippen LogP contribution in [0.3, 0.4) is 0 Å². The molecule has 0 saturated heterocycles. The van der Waals surface area contributed by atoms with Gasteiger partial charge < -0.3 is 10.2 Å². The Labute approximate surface area is 114 Å². The number of thioether (sulfide) groups is 1. The lowest BCUT2D eigenvalue weighted by Crippen LogP contribution is -3.12. The van der Waals surface area contributed by atoms with Crippen LogP contribution in [0.25, 0.3) is 0 Å². The van der Waals surface area contributed by atoms with Gasteiger partial charge in [-0.2, -0.15) is 0 Å². The van der Waals surface area contributed by atoms with Crippen molar-refractivity contribution in [2.75, 3.05) is 19.8 Å². The minimum Gasteiger partial charge on any atom is -0.351 e. The Balaban J connectivity index is 2.57. The van der Waals surface area contributed by atoms with Crippen LogP contribution in [0.4, 0.5) is 0 Å². The second-order valence-corrected chi connectivity index (χ2v) is 5.37. The Morgan fingerprint density at radius 3 is 2.50 bits per heavy atom. The molecule has 2 N–H and O–H groups in total. The van der Waals surface area contributed by atoms with Crippen molar-refractivity contribution in [3.63, 3.8) is 0 Å². The monoisotopic (exact) mass is 267 g/mol. The zero-order valence-electron chi connectivity index (χ0n) is 11.6. The zero-order chi connectivity index (χ0) is 13.5. The second-order valence-electron chi connectivity index (χ2n) is 4.49. The molecular weight excluding hydrogens is 244 g/mol. The molecular formula is C14H23N2OS+. The van der Waals surface area contributed by atoms with E-state index in [1.165, 1.54) is 15.4 Å². The number of nitrogens with one attached hydrogen (secondary N) is 2. The van der Waals surface area contributed by atoms with E-state index in [1.807, 2.05) is 13.8 Å². The molecule has 2 atom stereocenters. The van der Waals surface area contributed by atoms with Gasteiger partial charge in [-0.15, -0.1) is 11.8 Å². The molecule has 0 saturated carbocycles. The summed E-state index contributed by atoms with van der Waals surface area (Å²) in [7, 11) is 2.06. The number of rotatable bonds is 6. The SMILES string of the molecule is CCNC(=O)[C@@H](C)[NH+](C)Cc1ccc(SC)cc1. The molecule has 1 unspecified atom stereocenters. The van der Waals surface area contributed by atoms with E-state index >= 15 is 0 Å². The van der Waals surface area contributed by atoms with Crippen LogP contribution in [0.5, 0.6) is 0 Å². The molecule has 0 bridgehead atoms. The predicted molar refractivity (Wildman–Crippen MR) is 77.0 cm³/mol. The summed E-state index contributed by atoms with van der Waals surface area (Å²) < 4.78 is 0. The van der Waals surface area contributed by atoms with E-state index in [0.29, 0.717) is 6.54 Å². The fourth-order valence-electron chi connectivity index (χ4n) is 1.77. The van der Waals surface area contributed by atoms with Gasteiger partial charge in [-0.3, -0.25) is 4.79 Å². The van der Waals surface area contributed by atoms with Crippen LogP contribution in [-0.4, -0.2) is 31.8 Å². The molecule has 0 aromatic heterocycles. The van der Waals surface area contributed by atoms with Gasteiger partial charge in [0.25, 0.3) is 5.91 Å². The van der Waals surface area contributed by atoms with E-state index in [0.717, 1.165) is 6.54 Å². The number of hydrogen-bond donors (Lipinski definition) is 2. The molecule has 0 spiro atoms. The molecule has 3 nitrogen and oxygen atoms in total. The van der Waals surface area contributed by atoms with Gasteiger partial charge in [0.2, 0.25) is 0 Å². The largest absolute Gasteiger partial charge is 0.351 e. The highest BCUT2D eigenvalue weighted by atomic mass is 32.2. The Bertz CT molecular complexity index is 378. The molecule has 4 heteroatoms. The number of quaternary nitrogens is 1. The highest BCUT2D eigenvalue weighted by Gasteiger charge is 2.20. The lowest BCUT2D eigenvalue weighted by Gasteiger charge is -2.20.